The first-order valence-corrected chi connectivity index (χ1v) is 12.1. The first-order chi connectivity index (χ1) is 16.3. The molecule has 9 heteroatoms. The summed E-state index contributed by atoms with van der Waals surface area (Å²) in [6, 6.07) is 17.6. The first kappa shape index (κ1) is 25.0. The molecular formula is C25H27FN2O5S. The summed E-state index contributed by atoms with van der Waals surface area (Å²) in [5.41, 5.74) is 0.913. The van der Waals surface area contributed by atoms with Crippen LogP contribution in [-0.2, 0) is 14.8 Å². The van der Waals surface area contributed by atoms with Gasteiger partial charge in [-0.15, -0.1) is 0 Å². The summed E-state index contributed by atoms with van der Waals surface area (Å²) in [5.74, 6) is 0.0829. The zero-order chi connectivity index (χ0) is 24.7. The summed E-state index contributed by atoms with van der Waals surface area (Å²) in [4.78, 5) is 12.9. The van der Waals surface area contributed by atoms with Crippen molar-refractivity contribution in [1.29, 1.82) is 0 Å². The van der Waals surface area contributed by atoms with Crippen molar-refractivity contribution in [3.05, 3.63) is 84.2 Å². The fraction of sp³-hybridized carbons (Fsp3) is 0.240. The minimum atomic E-state index is -4.14. The van der Waals surface area contributed by atoms with E-state index < -0.39 is 34.3 Å². The van der Waals surface area contributed by atoms with Crippen molar-refractivity contribution in [1.82, 2.24) is 5.32 Å². The summed E-state index contributed by atoms with van der Waals surface area (Å²) in [6.45, 7) is 3.55. The number of hydrogen-bond acceptors (Lipinski definition) is 5. The molecule has 0 spiro atoms. The van der Waals surface area contributed by atoms with Gasteiger partial charge in [-0.25, -0.2) is 12.8 Å². The quantitative estimate of drug-likeness (QED) is 0.462. The Labute approximate surface area is 199 Å². The van der Waals surface area contributed by atoms with E-state index in [1.54, 1.807) is 25.1 Å². The summed E-state index contributed by atoms with van der Waals surface area (Å²) >= 11 is 0. The fourth-order valence-corrected chi connectivity index (χ4v) is 4.86. The highest BCUT2D eigenvalue weighted by Crippen LogP contribution is 2.27. The van der Waals surface area contributed by atoms with Crippen LogP contribution in [0.2, 0.25) is 0 Å². The molecule has 0 aromatic heterocycles. The predicted octanol–water partition coefficient (Wildman–Crippen LogP) is 4.31. The first-order valence-electron chi connectivity index (χ1n) is 10.7. The molecule has 0 heterocycles. The molecule has 180 valence electrons. The topological polar surface area (TPSA) is 84.9 Å². The minimum Gasteiger partial charge on any atom is -0.496 e. The second-order valence-electron chi connectivity index (χ2n) is 7.42. The maximum absolute atomic E-state index is 13.5. The van der Waals surface area contributed by atoms with Gasteiger partial charge in [0.15, 0.2) is 0 Å². The summed E-state index contributed by atoms with van der Waals surface area (Å²) in [7, 11) is -2.60. The maximum Gasteiger partial charge on any atom is 0.264 e. The van der Waals surface area contributed by atoms with Crippen molar-refractivity contribution in [2.45, 2.75) is 24.8 Å². The Bertz CT molecular complexity index is 1210. The number of methoxy groups -OCH3 is 1. The molecule has 0 radical (unpaired) electrons. The van der Waals surface area contributed by atoms with Crippen molar-refractivity contribution in [3.8, 4) is 11.5 Å². The average molecular weight is 487 g/mol. The Morgan fingerprint density at radius 1 is 1.03 bits per heavy atom. The highest BCUT2D eigenvalue weighted by Gasteiger charge is 2.28. The standard InChI is InChI=1S/C25H27FN2O5S/c1-4-33-21-13-15-22(16-14-21)34(30,31)28(20-11-9-19(26)10-12-20)17-25(29)27-18(2)23-7-5-6-8-24(23)32-3/h5-16,18H,4,17H2,1-3H3,(H,27,29)/t18-/m1/s1. The Morgan fingerprint density at radius 3 is 2.29 bits per heavy atom. The van der Waals surface area contributed by atoms with Gasteiger partial charge in [0.05, 0.1) is 30.3 Å². The van der Waals surface area contributed by atoms with Gasteiger partial charge < -0.3 is 14.8 Å². The van der Waals surface area contributed by atoms with Crippen LogP contribution in [0, 0.1) is 5.82 Å². The number of halogens is 1. The lowest BCUT2D eigenvalue weighted by Gasteiger charge is -2.25. The summed E-state index contributed by atoms with van der Waals surface area (Å²) < 4.78 is 52.1. The van der Waals surface area contributed by atoms with Gasteiger partial charge in [0.25, 0.3) is 10.0 Å². The van der Waals surface area contributed by atoms with E-state index in [9.17, 15) is 17.6 Å². The van der Waals surface area contributed by atoms with Gasteiger partial charge in [-0.3, -0.25) is 9.10 Å². The Balaban J connectivity index is 1.88. The molecule has 0 aliphatic heterocycles. The number of carbonyl (C=O) groups excluding carboxylic acids is 1. The summed E-state index contributed by atoms with van der Waals surface area (Å²) in [5, 5.41) is 2.81. The number of amides is 1. The Hall–Kier alpha value is -3.59. The molecule has 3 rings (SSSR count). The Morgan fingerprint density at radius 2 is 1.68 bits per heavy atom. The lowest BCUT2D eigenvalue weighted by molar-refractivity contribution is -0.120. The molecular weight excluding hydrogens is 459 g/mol. The van der Waals surface area contributed by atoms with Crippen LogP contribution in [0.25, 0.3) is 0 Å². The molecule has 34 heavy (non-hydrogen) atoms. The predicted molar refractivity (Wildman–Crippen MR) is 128 cm³/mol. The third-order valence-electron chi connectivity index (χ3n) is 5.11. The van der Waals surface area contributed by atoms with Crippen LogP contribution in [0.4, 0.5) is 10.1 Å². The number of para-hydroxylation sites is 1. The van der Waals surface area contributed by atoms with Gasteiger partial charge in [-0.1, -0.05) is 18.2 Å². The second-order valence-corrected chi connectivity index (χ2v) is 9.29. The molecule has 0 unspecified atom stereocenters. The number of rotatable bonds is 10. The maximum atomic E-state index is 13.5. The fourth-order valence-electron chi connectivity index (χ4n) is 3.44. The molecule has 1 N–H and O–H groups in total. The van der Waals surface area contributed by atoms with Crippen LogP contribution in [0.15, 0.2) is 77.7 Å². The van der Waals surface area contributed by atoms with Crippen LogP contribution < -0.4 is 19.1 Å². The van der Waals surface area contributed by atoms with Crippen molar-refractivity contribution < 1.29 is 27.1 Å². The number of anilines is 1. The van der Waals surface area contributed by atoms with Crippen molar-refractivity contribution >= 4 is 21.6 Å². The number of benzene rings is 3. The molecule has 0 aliphatic rings. The van der Waals surface area contributed by atoms with Crippen molar-refractivity contribution in [2.75, 3.05) is 24.6 Å². The van der Waals surface area contributed by atoms with Gasteiger partial charge in [-0.05, 0) is 68.4 Å². The number of ether oxygens (including phenoxy) is 2. The van der Waals surface area contributed by atoms with Crippen LogP contribution >= 0.6 is 0 Å². The lowest BCUT2D eigenvalue weighted by atomic mass is 10.1. The molecule has 0 saturated carbocycles. The number of nitrogens with zero attached hydrogens (tertiary/aromatic N) is 1. The van der Waals surface area contributed by atoms with E-state index in [2.05, 4.69) is 5.32 Å². The van der Waals surface area contributed by atoms with Gasteiger partial charge in [0.1, 0.15) is 23.9 Å². The molecule has 7 nitrogen and oxygen atoms in total. The second kappa shape index (κ2) is 11.0. The van der Waals surface area contributed by atoms with Gasteiger partial charge in [0, 0.05) is 5.56 Å². The highest BCUT2D eigenvalue weighted by molar-refractivity contribution is 7.92. The van der Waals surface area contributed by atoms with E-state index in [0.29, 0.717) is 18.1 Å². The Kier molecular flexibility index (Phi) is 8.12. The molecule has 0 saturated heterocycles. The third kappa shape index (κ3) is 5.85. The van der Waals surface area contributed by atoms with Gasteiger partial charge in [-0.2, -0.15) is 0 Å². The average Bonchev–Trinajstić information content (AvgIpc) is 2.83. The smallest absolute Gasteiger partial charge is 0.264 e. The highest BCUT2D eigenvalue weighted by atomic mass is 32.2. The zero-order valence-corrected chi connectivity index (χ0v) is 20.0. The van der Waals surface area contributed by atoms with E-state index in [1.165, 1.54) is 31.4 Å². The number of sulfonamides is 1. The van der Waals surface area contributed by atoms with Gasteiger partial charge in [0.2, 0.25) is 5.91 Å². The minimum absolute atomic E-state index is 0.0224. The molecule has 3 aromatic rings. The van der Waals surface area contributed by atoms with Crippen molar-refractivity contribution in [3.63, 3.8) is 0 Å². The normalized spacial score (nSPS) is 12.0. The van der Waals surface area contributed by atoms with Crippen LogP contribution in [-0.4, -0.2) is 34.6 Å². The molecule has 0 aliphatic carbocycles. The molecule has 0 bridgehead atoms. The van der Waals surface area contributed by atoms with Gasteiger partial charge >= 0.3 is 0 Å². The number of carbonyl (C=O) groups is 1. The van der Waals surface area contributed by atoms with E-state index in [0.717, 1.165) is 22.0 Å². The third-order valence-corrected chi connectivity index (χ3v) is 6.90. The monoisotopic (exact) mass is 486 g/mol. The van der Waals surface area contributed by atoms with Crippen LogP contribution in [0.3, 0.4) is 0 Å². The van der Waals surface area contributed by atoms with Crippen LogP contribution in [0.1, 0.15) is 25.5 Å². The largest absolute Gasteiger partial charge is 0.496 e. The number of hydrogen-bond donors (Lipinski definition) is 1. The molecule has 1 atom stereocenters. The molecule has 3 aromatic carbocycles. The number of nitrogens with one attached hydrogen (secondary N) is 1. The van der Waals surface area contributed by atoms with E-state index in [1.807, 2.05) is 25.1 Å². The van der Waals surface area contributed by atoms with E-state index in [4.69, 9.17) is 9.47 Å². The SMILES string of the molecule is CCOc1ccc(S(=O)(=O)N(CC(=O)N[C@H](C)c2ccccc2OC)c2ccc(F)cc2)cc1. The molecule has 1 amide bonds. The van der Waals surface area contributed by atoms with E-state index >= 15 is 0 Å². The lowest BCUT2D eigenvalue weighted by Crippen LogP contribution is -2.41. The van der Waals surface area contributed by atoms with Crippen molar-refractivity contribution in [2.24, 2.45) is 0 Å². The van der Waals surface area contributed by atoms with E-state index in [-0.39, 0.29) is 10.6 Å². The molecule has 0 fully saturated rings. The van der Waals surface area contributed by atoms with Crippen LogP contribution in [0.5, 0.6) is 11.5 Å². The summed E-state index contributed by atoms with van der Waals surface area (Å²) in [6.07, 6.45) is 0. The zero-order valence-electron chi connectivity index (χ0n) is 19.2.